The smallest absolute Gasteiger partial charge is 0.254 e. The van der Waals surface area contributed by atoms with E-state index >= 15 is 0 Å². The van der Waals surface area contributed by atoms with Gasteiger partial charge in [0.15, 0.2) is 4.80 Å². The van der Waals surface area contributed by atoms with E-state index in [1.165, 1.54) is 29.8 Å². The van der Waals surface area contributed by atoms with Gasteiger partial charge in [-0.15, -0.1) is 11.3 Å². The number of thiazole rings is 1. The molecule has 6 heteroatoms. The maximum absolute atomic E-state index is 13.6. The summed E-state index contributed by atoms with van der Waals surface area (Å²) in [5.41, 5.74) is 0.371. The van der Waals surface area contributed by atoms with Crippen LogP contribution in [0.5, 0.6) is 0 Å². The number of nitrogens with zero attached hydrogens (tertiary/aromatic N) is 2. The Hall–Kier alpha value is -0.980. The Morgan fingerprint density at radius 2 is 1.97 bits per heavy atom. The van der Waals surface area contributed by atoms with E-state index in [1.807, 2.05) is 0 Å². The van der Waals surface area contributed by atoms with Crippen LogP contribution < -0.4 is 4.80 Å². The van der Waals surface area contributed by atoms with E-state index in [0.29, 0.717) is 18.3 Å². The van der Waals surface area contributed by atoms with Gasteiger partial charge in [-0.05, 0) is 88.9 Å². The number of ether oxygens (including phenoxy) is 1. The predicted octanol–water partition coefficient (Wildman–Crippen LogP) is 3.37. The Balaban J connectivity index is 1.37. The van der Waals surface area contributed by atoms with Crippen LogP contribution in [0.25, 0.3) is 0 Å². The lowest BCUT2D eigenvalue weighted by molar-refractivity contribution is -0.175. The maximum Gasteiger partial charge on any atom is 0.254 e. The molecule has 7 rings (SSSR count). The molecule has 0 radical (unpaired) electrons. The number of hydrogen-bond acceptors (Lipinski definition) is 4. The van der Waals surface area contributed by atoms with Crippen molar-refractivity contribution in [2.24, 2.45) is 22.2 Å². The summed E-state index contributed by atoms with van der Waals surface area (Å²) in [4.78, 5) is 20.7. The van der Waals surface area contributed by atoms with Gasteiger partial charge in [-0.1, -0.05) is 0 Å². The van der Waals surface area contributed by atoms with Crippen LogP contribution in [-0.2, 0) is 28.9 Å². The molecule has 2 heterocycles. The van der Waals surface area contributed by atoms with Crippen LogP contribution in [0, 0.1) is 17.3 Å². The van der Waals surface area contributed by atoms with Crippen LogP contribution in [-0.4, -0.2) is 33.9 Å². The van der Waals surface area contributed by atoms with Crippen molar-refractivity contribution in [3.63, 3.8) is 0 Å². The molecule has 0 spiro atoms. The topological polar surface area (TPSA) is 63.8 Å². The summed E-state index contributed by atoms with van der Waals surface area (Å²) < 4.78 is 8.24. The van der Waals surface area contributed by atoms with Gasteiger partial charge >= 0.3 is 0 Å². The number of carbonyl (C=O) groups is 1. The molecule has 4 saturated carbocycles. The lowest BCUT2D eigenvalue weighted by Crippen LogP contribution is -2.58. The summed E-state index contributed by atoms with van der Waals surface area (Å²) in [5, 5.41) is 11.0. The molecule has 5 aliphatic carbocycles. The normalized spacial score (nSPS) is 41.1. The minimum Gasteiger partial charge on any atom is -0.390 e. The predicted molar refractivity (Wildman–Crippen MR) is 111 cm³/mol. The van der Waals surface area contributed by atoms with Crippen LogP contribution in [0.2, 0.25) is 0 Å². The highest BCUT2D eigenvalue weighted by molar-refractivity contribution is 7.09. The quantitative estimate of drug-likeness (QED) is 0.822. The number of aromatic nitrogens is 1. The molecule has 4 bridgehead atoms. The highest BCUT2D eigenvalue weighted by Crippen LogP contribution is 2.62. The van der Waals surface area contributed by atoms with E-state index < -0.39 is 11.0 Å². The number of rotatable bonds is 3. The van der Waals surface area contributed by atoms with Crippen molar-refractivity contribution in [2.45, 2.75) is 95.3 Å². The zero-order valence-corrected chi connectivity index (χ0v) is 18.0. The lowest BCUT2D eigenvalue weighted by atomic mass is 9.47. The number of amides is 1. The molecule has 3 atom stereocenters. The zero-order chi connectivity index (χ0) is 19.6. The summed E-state index contributed by atoms with van der Waals surface area (Å²) in [7, 11) is 0. The molecule has 5 nitrogen and oxygen atoms in total. The number of aliphatic hydroxyl groups is 1. The molecule has 0 aromatic carbocycles. The van der Waals surface area contributed by atoms with Crippen molar-refractivity contribution in [3.05, 3.63) is 15.4 Å². The summed E-state index contributed by atoms with van der Waals surface area (Å²) in [6, 6.07) is 0. The third kappa shape index (κ3) is 3.17. The zero-order valence-electron chi connectivity index (χ0n) is 17.2. The second-order valence-electron chi connectivity index (χ2n) is 10.6. The van der Waals surface area contributed by atoms with Gasteiger partial charge in [0.05, 0.1) is 23.7 Å². The molecule has 1 saturated heterocycles. The van der Waals surface area contributed by atoms with Crippen molar-refractivity contribution >= 4 is 17.2 Å². The fourth-order valence-electron chi connectivity index (χ4n) is 7.47. The Morgan fingerprint density at radius 3 is 2.69 bits per heavy atom. The Bertz CT molecular complexity index is 880. The Kier molecular flexibility index (Phi) is 4.37. The largest absolute Gasteiger partial charge is 0.390 e. The molecule has 1 aliphatic heterocycles. The fourth-order valence-corrected chi connectivity index (χ4v) is 8.69. The molecule has 5 fully saturated rings. The van der Waals surface area contributed by atoms with Gasteiger partial charge in [-0.2, -0.15) is 4.99 Å². The number of carbonyl (C=O) groups excluding carboxylic acids is 1. The molecule has 29 heavy (non-hydrogen) atoms. The van der Waals surface area contributed by atoms with Crippen molar-refractivity contribution in [2.75, 3.05) is 6.61 Å². The summed E-state index contributed by atoms with van der Waals surface area (Å²) in [6.07, 6.45) is 12.6. The van der Waals surface area contributed by atoms with Gasteiger partial charge in [0, 0.05) is 17.2 Å². The fraction of sp³-hybridized carbons (Fsp3) is 0.826. The van der Waals surface area contributed by atoms with Crippen molar-refractivity contribution in [1.29, 1.82) is 0 Å². The molecule has 1 amide bonds. The lowest BCUT2D eigenvalue weighted by Gasteiger charge is -2.58. The first kappa shape index (κ1) is 18.8. The molecule has 1 aromatic heterocycles. The average Bonchev–Trinajstić information content (AvgIpc) is 3.29. The molecular formula is C23H32N2O3S. The molecule has 3 unspecified atom stereocenters. The van der Waals surface area contributed by atoms with Crippen LogP contribution >= 0.6 is 11.3 Å². The van der Waals surface area contributed by atoms with Crippen LogP contribution in [0.15, 0.2) is 4.99 Å². The first-order chi connectivity index (χ1) is 14.0. The van der Waals surface area contributed by atoms with Crippen LogP contribution in [0.4, 0.5) is 0 Å². The first-order valence-electron chi connectivity index (χ1n) is 11.7. The van der Waals surface area contributed by atoms with E-state index in [1.54, 1.807) is 11.3 Å². The number of aryl methyl sites for hydroxylation is 1. The van der Waals surface area contributed by atoms with E-state index in [4.69, 9.17) is 9.73 Å². The van der Waals surface area contributed by atoms with Crippen LogP contribution in [0.3, 0.4) is 0 Å². The van der Waals surface area contributed by atoms with Gasteiger partial charge in [0.25, 0.3) is 5.91 Å². The molecule has 1 aromatic rings. The standard InChI is InChI=1S/C23H32N2O3S/c26-20(22-9-15-8-16(10-22)12-23(27,11-15)14-22)24-21-25(13-17-4-3-7-28-17)18-5-1-2-6-19(18)29-21/h15-17,27H,1-14H2/b24-21-. The van der Waals surface area contributed by atoms with E-state index in [9.17, 15) is 9.90 Å². The van der Waals surface area contributed by atoms with E-state index in [2.05, 4.69) is 4.57 Å². The van der Waals surface area contributed by atoms with Gasteiger partial charge < -0.3 is 14.4 Å². The highest BCUT2D eigenvalue weighted by Gasteiger charge is 2.60. The van der Waals surface area contributed by atoms with Gasteiger partial charge in [-0.25, -0.2) is 0 Å². The first-order valence-corrected chi connectivity index (χ1v) is 12.5. The van der Waals surface area contributed by atoms with E-state index in [-0.39, 0.29) is 12.0 Å². The average molecular weight is 417 g/mol. The summed E-state index contributed by atoms with van der Waals surface area (Å²) in [5.74, 6) is 1.07. The van der Waals surface area contributed by atoms with Crippen molar-refractivity contribution in [3.8, 4) is 0 Å². The molecule has 6 aliphatic rings. The third-order valence-electron chi connectivity index (χ3n) is 8.25. The SMILES string of the molecule is O=C(/N=c1\sc2c(n1CC1CCCO1)CCCC2)C12CC3CC(CC(O)(C3)C1)C2. The minimum atomic E-state index is -0.613. The monoisotopic (exact) mass is 416 g/mol. The molecule has 1 N–H and O–H groups in total. The number of hydrogen-bond donors (Lipinski definition) is 1. The highest BCUT2D eigenvalue weighted by atomic mass is 32.1. The maximum atomic E-state index is 13.6. The van der Waals surface area contributed by atoms with Gasteiger partial charge in [0.1, 0.15) is 0 Å². The van der Waals surface area contributed by atoms with Crippen molar-refractivity contribution in [1.82, 2.24) is 4.57 Å². The Morgan fingerprint density at radius 1 is 1.17 bits per heavy atom. The van der Waals surface area contributed by atoms with Gasteiger partial charge in [0.2, 0.25) is 0 Å². The van der Waals surface area contributed by atoms with Crippen LogP contribution in [0.1, 0.15) is 74.8 Å². The molecular weight excluding hydrogens is 384 g/mol. The minimum absolute atomic E-state index is 0.0460. The third-order valence-corrected chi connectivity index (χ3v) is 9.43. The molecule has 158 valence electrons. The van der Waals surface area contributed by atoms with Gasteiger partial charge in [-0.3, -0.25) is 4.79 Å². The van der Waals surface area contributed by atoms with Crippen molar-refractivity contribution < 1.29 is 14.6 Å². The summed E-state index contributed by atoms with van der Waals surface area (Å²) in [6.45, 7) is 1.69. The number of fused-ring (bicyclic) bond motifs is 1. The Labute approximate surface area is 176 Å². The second-order valence-corrected chi connectivity index (χ2v) is 11.7. The summed E-state index contributed by atoms with van der Waals surface area (Å²) >= 11 is 1.73. The van der Waals surface area contributed by atoms with E-state index in [0.717, 1.165) is 69.3 Å². The second kappa shape index (κ2) is 6.76.